The summed E-state index contributed by atoms with van der Waals surface area (Å²) < 4.78 is 2.62. The largest absolute Gasteiger partial charge is 0.354 e. The maximum atomic E-state index is 3.76. The SMILES string of the molecule is Cc1cc(-c2cccc3c2[nH]c2ccccc23)c2c3c1c1cccc4c1n3-c1c(cccc1C4(C)C)B2. The maximum Gasteiger partial charge on any atom is 0.198 e. The van der Waals surface area contributed by atoms with Gasteiger partial charge in [-0.1, -0.05) is 98.2 Å². The van der Waals surface area contributed by atoms with Crippen LogP contribution in [0, 0.1) is 6.92 Å². The van der Waals surface area contributed by atoms with Crippen LogP contribution in [0.15, 0.2) is 84.9 Å². The molecular weight excluding hydrogens is 447 g/mol. The molecule has 7 aromatic rings. The second-order valence-electron chi connectivity index (χ2n) is 11.5. The lowest BCUT2D eigenvalue weighted by Gasteiger charge is -2.37. The van der Waals surface area contributed by atoms with Crippen molar-refractivity contribution >= 4 is 61.8 Å². The molecule has 2 aliphatic rings. The summed E-state index contributed by atoms with van der Waals surface area (Å²) in [6.45, 7) is 7.08. The van der Waals surface area contributed by atoms with Crippen molar-refractivity contribution in [3.8, 4) is 16.8 Å². The number of hydrogen-bond donors (Lipinski definition) is 1. The van der Waals surface area contributed by atoms with E-state index in [1.165, 1.54) is 88.0 Å². The van der Waals surface area contributed by atoms with Gasteiger partial charge in [0, 0.05) is 49.2 Å². The van der Waals surface area contributed by atoms with Crippen molar-refractivity contribution in [3.63, 3.8) is 0 Å². The second kappa shape index (κ2) is 6.36. The van der Waals surface area contributed by atoms with Crippen LogP contribution in [-0.4, -0.2) is 16.8 Å². The zero-order valence-corrected chi connectivity index (χ0v) is 21.2. The van der Waals surface area contributed by atoms with Crippen molar-refractivity contribution < 1.29 is 0 Å². The Morgan fingerprint density at radius 2 is 1.49 bits per heavy atom. The third-order valence-corrected chi connectivity index (χ3v) is 9.24. The lowest BCUT2D eigenvalue weighted by Crippen LogP contribution is -2.41. The number of nitrogens with one attached hydrogen (secondary N) is 1. The number of aromatic amines is 1. The highest BCUT2D eigenvalue weighted by atomic mass is 15.0. The summed E-state index contributed by atoms with van der Waals surface area (Å²) in [7, 11) is 0.952. The maximum absolute atomic E-state index is 3.76. The monoisotopic (exact) mass is 472 g/mol. The van der Waals surface area contributed by atoms with E-state index in [1.54, 1.807) is 0 Å². The molecule has 1 N–H and O–H groups in total. The Hall–Kier alpha value is -4.24. The van der Waals surface area contributed by atoms with Gasteiger partial charge in [-0.15, -0.1) is 0 Å². The second-order valence-corrected chi connectivity index (χ2v) is 11.5. The Bertz CT molecular complexity index is 2160. The number of hydrogen-bond acceptors (Lipinski definition) is 0. The van der Waals surface area contributed by atoms with Gasteiger partial charge in [-0.25, -0.2) is 0 Å². The lowest BCUT2D eigenvalue weighted by atomic mass is 9.57. The van der Waals surface area contributed by atoms with Gasteiger partial charge in [0.2, 0.25) is 0 Å². The van der Waals surface area contributed by atoms with Gasteiger partial charge in [-0.05, 0) is 40.7 Å². The number of fused-ring (bicyclic) bond motifs is 4. The third-order valence-electron chi connectivity index (χ3n) is 9.24. The fourth-order valence-corrected chi connectivity index (χ4v) is 7.61. The molecule has 0 bridgehead atoms. The number of nitrogens with zero attached hydrogens (tertiary/aromatic N) is 1. The predicted molar refractivity (Wildman–Crippen MR) is 159 cm³/mol. The van der Waals surface area contributed by atoms with Crippen LogP contribution in [0.5, 0.6) is 0 Å². The fourth-order valence-electron chi connectivity index (χ4n) is 7.61. The lowest BCUT2D eigenvalue weighted by molar-refractivity contribution is 0.631. The van der Waals surface area contributed by atoms with Gasteiger partial charge in [0.1, 0.15) is 0 Å². The Morgan fingerprint density at radius 1 is 0.730 bits per heavy atom. The molecule has 0 saturated carbocycles. The van der Waals surface area contributed by atoms with Crippen LogP contribution in [0.25, 0.3) is 60.4 Å². The normalized spacial score (nSPS) is 14.8. The zero-order valence-electron chi connectivity index (χ0n) is 21.2. The summed E-state index contributed by atoms with van der Waals surface area (Å²) >= 11 is 0. The molecule has 4 heterocycles. The van der Waals surface area contributed by atoms with Crippen molar-refractivity contribution in [2.75, 3.05) is 0 Å². The minimum Gasteiger partial charge on any atom is -0.354 e. The van der Waals surface area contributed by atoms with Crippen LogP contribution in [-0.2, 0) is 5.41 Å². The quantitative estimate of drug-likeness (QED) is 0.256. The zero-order chi connectivity index (χ0) is 24.6. The molecule has 2 aromatic heterocycles. The Morgan fingerprint density at radius 3 is 2.41 bits per heavy atom. The van der Waals surface area contributed by atoms with Crippen molar-refractivity contribution in [1.82, 2.24) is 9.55 Å². The summed E-state index contributed by atoms with van der Waals surface area (Å²) in [5.41, 5.74) is 16.4. The molecule has 3 heteroatoms. The van der Waals surface area contributed by atoms with E-state index in [4.69, 9.17) is 0 Å². The van der Waals surface area contributed by atoms with Gasteiger partial charge >= 0.3 is 0 Å². The standard InChI is InChI=1S/C34H25BN2/c1-18-17-23(21-11-6-10-20-19-9-4-5-16-27(19)36-30(20)21)29-33-28(18)22-12-7-13-24-31(22)37(33)32-25(34(24,2)3)14-8-15-26(32)35-29/h4-17,35-36H,1-3H3. The molecule has 0 spiro atoms. The molecule has 2 nitrogen and oxygen atoms in total. The molecule has 9 rings (SSSR count). The first kappa shape index (κ1) is 19.9. The van der Waals surface area contributed by atoms with Gasteiger partial charge in [-0.3, -0.25) is 0 Å². The van der Waals surface area contributed by atoms with Crippen LogP contribution in [0.4, 0.5) is 0 Å². The average molecular weight is 472 g/mol. The molecular formula is C34H25BN2. The first-order valence-electron chi connectivity index (χ1n) is 13.3. The van der Waals surface area contributed by atoms with Crippen molar-refractivity contribution in [3.05, 3.63) is 102 Å². The Balaban J connectivity index is 1.50. The predicted octanol–water partition coefficient (Wildman–Crippen LogP) is 6.73. The summed E-state index contributed by atoms with van der Waals surface area (Å²) in [6, 6.07) is 31.8. The van der Waals surface area contributed by atoms with Gasteiger partial charge in [0.05, 0.1) is 11.0 Å². The first-order chi connectivity index (χ1) is 18.0. The summed E-state index contributed by atoms with van der Waals surface area (Å²) in [5, 5.41) is 5.38. The number of aromatic nitrogens is 2. The molecule has 0 fully saturated rings. The molecule has 37 heavy (non-hydrogen) atoms. The number of benzene rings is 5. The van der Waals surface area contributed by atoms with Crippen LogP contribution in [0.1, 0.15) is 30.5 Å². The van der Waals surface area contributed by atoms with E-state index in [2.05, 4.69) is 115 Å². The smallest absolute Gasteiger partial charge is 0.198 e. The van der Waals surface area contributed by atoms with E-state index in [0.717, 1.165) is 7.28 Å². The van der Waals surface area contributed by atoms with Crippen molar-refractivity contribution in [1.29, 1.82) is 0 Å². The van der Waals surface area contributed by atoms with E-state index >= 15 is 0 Å². The van der Waals surface area contributed by atoms with E-state index in [9.17, 15) is 0 Å². The highest BCUT2D eigenvalue weighted by molar-refractivity contribution is 6.73. The molecule has 174 valence electrons. The average Bonchev–Trinajstić information content (AvgIpc) is 3.47. The Kier molecular flexibility index (Phi) is 3.42. The molecule has 5 aromatic carbocycles. The number of rotatable bonds is 1. The summed E-state index contributed by atoms with van der Waals surface area (Å²) in [6.07, 6.45) is 0. The van der Waals surface area contributed by atoms with Crippen LogP contribution in [0.2, 0.25) is 0 Å². The highest BCUT2D eigenvalue weighted by Gasteiger charge is 2.39. The highest BCUT2D eigenvalue weighted by Crippen LogP contribution is 2.48. The van der Waals surface area contributed by atoms with E-state index in [-0.39, 0.29) is 5.41 Å². The van der Waals surface area contributed by atoms with Crippen molar-refractivity contribution in [2.45, 2.75) is 26.2 Å². The number of para-hydroxylation sites is 4. The topological polar surface area (TPSA) is 20.7 Å². The van der Waals surface area contributed by atoms with Crippen LogP contribution in [0.3, 0.4) is 0 Å². The first-order valence-corrected chi connectivity index (χ1v) is 13.3. The van der Waals surface area contributed by atoms with Gasteiger partial charge < -0.3 is 9.55 Å². The van der Waals surface area contributed by atoms with Gasteiger partial charge in [0.25, 0.3) is 0 Å². The molecule has 0 radical (unpaired) electrons. The summed E-state index contributed by atoms with van der Waals surface area (Å²) in [4.78, 5) is 3.76. The Labute approximate surface area is 215 Å². The van der Waals surface area contributed by atoms with E-state index in [0.29, 0.717) is 0 Å². The number of H-pyrrole nitrogens is 1. The summed E-state index contributed by atoms with van der Waals surface area (Å²) in [5.74, 6) is 0. The molecule has 0 aliphatic carbocycles. The van der Waals surface area contributed by atoms with E-state index < -0.39 is 0 Å². The number of aryl methyl sites for hydroxylation is 1. The van der Waals surface area contributed by atoms with Crippen LogP contribution < -0.4 is 10.9 Å². The van der Waals surface area contributed by atoms with E-state index in [1.807, 2.05) is 0 Å². The molecule has 0 atom stereocenters. The third kappa shape index (κ3) is 2.21. The minimum absolute atomic E-state index is 0.0284. The van der Waals surface area contributed by atoms with Gasteiger partial charge in [0.15, 0.2) is 7.28 Å². The molecule has 0 saturated heterocycles. The van der Waals surface area contributed by atoms with Gasteiger partial charge in [-0.2, -0.15) is 0 Å². The minimum atomic E-state index is -0.0284. The van der Waals surface area contributed by atoms with Crippen LogP contribution >= 0.6 is 0 Å². The molecule has 2 aliphatic heterocycles. The van der Waals surface area contributed by atoms with Crippen molar-refractivity contribution in [2.24, 2.45) is 0 Å². The molecule has 0 unspecified atom stereocenters. The fraction of sp³-hybridized carbons (Fsp3) is 0.118. The molecule has 0 amide bonds.